The third kappa shape index (κ3) is 4.94. The van der Waals surface area contributed by atoms with E-state index in [4.69, 9.17) is 5.73 Å². The van der Waals surface area contributed by atoms with Crippen molar-refractivity contribution in [2.45, 2.75) is 39.2 Å². The van der Waals surface area contributed by atoms with Crippen LogP contribution in [0, 0.1) is 5.41 Å². The first kappa shape index (κ1) is 15.4. The Labute approximate surface area is 110 Å². The van der Waals surface area contributed by atoms with Gasteiger partial charge in [-0.2, -0.15) is 0 Å². The second-order valence-corrected chi connectivity index (χ2v) is 8.31. The Morgan fingerprint density at radius 2 is 2.06 bits per heavy atom. The number of nitrogens with zero attached hydrogens (tertiary/aromatic N) is 1. The zero-order valence-corrected chi connectivity index (χ0v) is 12.3. The van der Waals surface area contributed by atoms with Crippen molar-refractivity contribution in [2.75, 3.05) is 25.1 Å². The van der Waals surface area contributed by atoms with Crippen molar-refractivity contribution < 1.29 is 13.2 Å². The molecule has 1 aliphatic heterocycles. The van der Waals surface area contributed by atoms with Gasteiger partial charge in [0.25, 0.3) is 0 Å². The highest BCUT2D eigenvalue weighted by atomic mass is 32.2. The third-order valence-electron chi connectivity index (χ3n) is 3.33. The molecule has 0 aromatic heterocycles. The van der Waals surface area contributed by atoms with Crippen molar-refractivity contribution in [1.29, 1.82) is 0 Å². The van der Waals surface area contributed by atoms with Crippen LogP contribution in [0.15, 0.2) is 0 Å². The number of hydrogen-bond donors (Lipinski definition) is 1. The van der Waals surface area contributed by atoms with Gasteiger partial charge in [0.1, 0.15) is 9.84 Å². The van der Waals surface area contributed by atoms with Gasteiger partial charge in [-0.1, -0.05) is 13.8 Å². The Bertz CT molecular complexity index is 404. The molecule has 6 heteroatoms. The van der Waals surface area contributed by atoms with Gasteiger partial charge >= 0.3 is 0 Å². The van der Waals surface area contributed by atoms with E-state index >= 15 is 0 Å². The van der Waals surface area contributed by atoms with Gasteiger partial charge in [0.05, 0.1) is 11.8 Å². The molecule has 0 aromatic rings. The van der Waals surface area contributed by atoms with E-state index in [1.807, 2.05) is 0 Å². The highest BCUT2D eigenvalue weighted by Gasteiger charge is 2.31. The van der Waals surface area contributed by atoms with Gasteiger partial charge in [-0.05, 0) is 24.7 Å². The van der Waals surface area contributed by atoms with Crippen LogP contribution < -0.4 is 5.73 Å². The van der Waals surface area contributed by atoms with Gasteiger partial charge in [-0.3, -0.25) is 4.79 Å². The summed E-state index contributed by atoms with van der Waals surface area (Å²) in [6.07, 6.45) is 3.45. The van der Waals surface area contributed by atoms with E-state index in [-0.39, 0.29) is 23.5 Å². The number of amides is 1. The molecule has 18 heavy (non-hydrogen) atoms. The summed E-state index contributed by atoms with van der Waals surface area (Å²) in [7, 11) is -3.06. The van der Waals surface area contributed by atoms with E-state index in [9.17, 15) is 13.2 Å². The Balaban J connectivity index is 2.53. The van der Waals surface area contributed by atoms with Gasteiger partial charge < -0.3 is 10.6 Å². The van der Waals surface area contributed by atoms with Crippen LogP contribution in [0.2, 0.25) is 0 Å². The fourth-order valence-corrected chi connectivity index (χ4v) is 2.99. The second kappa shape index (κ2) is 5.57. The van der Waals surface area contributed by atoms with Crippen LogP contribution in [0.4, 0.5) is 0 Å². The van der Waals surface area contributed by atoms with E-state index < -0.39 is 15.9 Å². The predicted molar refractivity (Wildman–Crippen MR) is 71.9 cm³/mol. The Kier molecular flexibility index (Phi) is 4.78. The van der Waals surface area contributed by atoms with Gasteiger partial charge in [0, 0.05) is 19.3 Å². The summed E-state index contributed by atoms with van der Waals surface area (Å²) < 4.78 is 22.1. The summed E-state index contributed by atoms with van der Waals surface area (Å²) >= 11 is 0. The minimum Gasteiger partial charge on any atom is -0.341 e. The van der Waals surface area contributed by atoms with Crippen LogP contribution in [0.1, 0.15) is 33.1 Å². The lowest BCUT2D eigenvalue weighted by molar-refractivity contribution is -0.135. The fraction of sp³-hybridized carbons (Fsp3) is 0.917. The van der Waals surface area contributed by atoms with Crippen LogP contribution in [0.25, 0.3) is 0 Å². The number of hydrogen-bond acceptors (Lipinski definition) is 4. The van der Waals surface area contributed by atoms with Crippen LogP contribution >= 0.6 is 0 Å². The van der Waals surface area contributed by atoms with E-state index in [0.717, 1.165) is 25.6 Å². The SMILES string of the molecule is CC1(C)CCCN(C(=O)C(N)CCS(C)(=O)=O)C1. The largest absolute Gasteiger partial charge is 0.341 e. The Morgan fingerprint density at radius 3 is 2.56 bits per heavy atom. The maximum absolute atomic E-state index is 12.1. The number of carbonyl (C=O) groups is 1. The smallest absolute Gasteiger partial charge is 0.239 e. The molecule has 1 unspecified atom stereocenters. The topological polar surface area (TPSA) is 80.5 Å². The zero-order chi connectivity index (χ0) is 14.0. The average molecular weight is 276 g/mol. The van der Waals surface area contributed by atoms with Crippen molar-refractivity contribution >= 4 is 15.7 Å². The first-order valence-electron chi connectivity index (χ1n) is 6.33. The second-order valence-electron chi connectivity index (χ2n) is 6.05. The molecule has 0 aliphatic carbocycles. The summed E-state index contributed by atoms with van der Waals surface area (Å²) in [5.74, 6) is -0.150. The number of nitrogens with two attached hydrogens (primary N) is 1. The number of carbonyl (C=O) groups excluding carboxylic acids is 1. The maximum atomic E-state index is 12.1. The lowest BCUT2D eigenvalue weighted by Gasteiger charge is -2.39. The summed E-state index contributed by atoms with van der Waals surface area (Å²) in [5, 5.41) is 0. The molecule has 0 radical (unpaired) electrons. The molecule has 1 rings (SSSR count). The highest BCUT2D eigenvalue weighted by molar-refractivity contribution is 7.90. The minimum absolute atomic E-state index is 0.0306. The fourth-order valence-electron chi connectivity index (χ4n) is 2.31. The molecule has 1 heterocycles. The molecule has 2 N–H and O–H groups in total. The highest BCUT2D eigenvalue weighted by Crippen LogP contribution is 2.28. The Morgan fingerprint density at radius 1 is 1.44 bits per heavy atom. The molecule has 0 spiro atoms. The molecule has 5 nitrogen and oxygen atoms in total. The predicted octanol–water partition coefficient (Wildman–Crippen LogP) is 0.397. The van der Waals surface area contributed by atoms with E-state index in [2.05, 4.69) is 13.8 Å². The summed E-state index contributed by atoms with van der Waals surface area (Å²) in [6.45, 7) is 5.70. The first-order chi connectivity index (χ1) is 8.11. The molecule has 1 fully saturated rings. The lowest BCUT2D eigenvalue weighted by atomic mass is 9.84. The monoisotopic (exact) mass is 276 g/mol. The van der Waals surface area contributed by atoms with Gasteiger partial charge in [-0.15, -0.1) is 0 Å². The van der Waals surface area contributed by atoms with E-state index in [0.29, 0.717) is 6.54 Å². The van der Waals surface area contributed by atoms with Crippen molar-refractivity contribution in [2.24, 2.45) is 11.1 Å². The third-order valence-corrected chi connectivity index (χ3v) is 4.31. The van der Waals surface area contributed by atoms with Crippen molar-refractivity contribution in [3.8, 4) is 0 Å². The van der Waals surface area contributed by atoms with Crippen LogP contribution in [0.3, 0.4) is 0 Å². The summed E-state index contributed by atoms with van der Waals surface area (Å²) in [4.78, 5) is 13.9. The molecule has 0 saturated carbocycles. The summed E-state index contributed by atoms with van der Waals surface area (Å²) in [5.41, 5.74) is 5.92. The van der Waals surface area contributed by atoms with Gasteiger partial charge in [-0.25, -0.2) is 8.42 Å². The molecular formula is C12H24N2O3S. The number of likely N-dealkylation sites (tertiary alicyclic amines) is 1. The van der Waals surface area contributed by atoms with Gasteiger partial charge in [0.2, 0.25) is 5.91 Å². The van der Waals surface area contributed by atoms with Crippen LogP contribution in [-0.4, -0.2) is 50.4 Å². The molecule has 1 atom stereocenters. The van der Waals surface area contributed by atoms with E-state index in [1.54, 1.807) is 4.90 Å². The Hall–Kier alpha value is -0.620. The number of piperidine rings is 1. The van der Waals surface area contributed by atoms with Crippen LogP contribution in [-0.2, 0) is 14.6 Å². The quantitative estimate of drug-likeness (QED) is 0.806. The van der Waals surface area contributed by atoms with Gasteiger partial charge in [0.15, 0.2) is 0 Å². The lowest BCUT2D eigenvalue weighted by Crippen LogP contribution is -2.50. The zero-order valence-electron chi connectivity index (χ0n) is 11.5. The standard InChI is InChI=1S/C12H24N2O3S/c1-12(2)6-4-7-14(9-12)11(15)10(13)5-8-18(3,16)17/h10H,4-9,13H2,1-3H3. The van der Waals surface area contributed by atoms with Crippen LogP contribution in [0.5, 0.6) is 0 Å². The molecule has 106 valence electrons. The summed E-state index contributed by atoms with van der Waals surface area (Å²) in [6, 6.07) is -0.700. The van der Waals surface area contributed by atoms with Crippen molar-refractivity contribution in [3.05, 3.63) is 0 Å². The van der Waals surface area contributed by atoms with Crippen molar-refractivity contribution in [1.82, 2.24) is 4.90 Å². The average Bonchev–Trinajstić information content (AvgIpc) is 2.22. The number of sulfone groups is 1. The molecule has 1 saturated heterocycles. The maximum Gasteiger partial charge on any atom is 0.239 e. The molecule has 0 aromatic carbocycles. The minimum atomic E-state index is -3.06. The normalized spacial score (nSPS) is 21.7. The number of rotatable bonds is 4. The molecule has 1 amide bonds. The van der Waals surface area contributed by atoms with Crippen molar-refractivity contribution in [3.63, 3.8) is 0 Å². The molecule has 1 aliphatic rings. The van der Waals surface area contributed by atoms with E-state index in [1.165, 1.54) is 0 Å². The molecule has 0 bridgehead atoms. The molecular weight excluding hydrogens is 252 g/mol. The first-order valence-corrected chi connectivity index (χ1v) is 8.39.